The Hall–Kier alpha value is -8.20. The fourth-order valence-electron chi connectivity index (χ4n) is 9.18. The van der Waals surface area contributed by atoms with Crippen LogP contribution >= 0.6 is 0 Å². The molecule has 2 nitrogen and oxygen atoms in total. The molecule has 0 amide bonds. The van der Waals surface area contributed by atoms with Crippen LogP contribution in [-0.2, 0) is 0 Å². The molecule has 0 aliphatic carbocycles. The van der Waals surface area contributed by atoms with Gasteiger partial charge in [0.1, 0.15) is 0 Å². The van der Waals surface area contributed by atoms with E-state index in [1.165, 1.54) is 66.3 Å². The molecule has 1 aromatic heterocycles. The van der Waals surface area contributed by atoms with Gasteiger partial charge >= 0.3 is 0 Å². The maximum atomic E-state index is 2.44. The summed E-state index contributed by atoms with van der Waals surface area (Å²) in [6.07, 6.45) is 0. The molecule has 0 bridgehead atoms. The highest BCUT2D eigenvalue weighted by molar-refractivity contribution is 6.17. The van der Waals surface area contributed by atoms with Crippen LogP contribution in [0.4, 0.5) is 17.1 Å². The number of anilines is 3. The summed E-state index contributed by atoms with van der Waals surface area (Å²) in [7, 11) is 0. The van der Waals surface area contributed by atoms with Crippen LogP contribution < -0.4 is 4.90 Å². The molecule has 0 saturated heterocycles. The molecule has 0 aliphatic rings. The smallest absolute Gasteiger partial charge is 0.0547 e. The van der Waals surface area contributed by atoms with E-state index in [0.717, 1.165) is 33.9 Å². The Balaban J connectivity index is 1.08. The van der Waals surface area contributed by atoms with E-state index in [4.69, 9.17) is 0 Å². The lowest BCUT2D eigenvalue weighted by Crippen LogP contribution is -2.12. The van der Waals surface area contributed by atoms with Crippen molar-refractivity contribution >= 4 is 38.9 Å². The van der Waals surface area contributed by atoms with Gasteiger partial charge in [0.15, 0.2) is 0 Å². The lowest BCUT2D eigenvalue weighted by Gasteiger charge is -2.30. The van der Waals surface area contributed by atoms with Gasteiger partial charge in [0.05, 0.1) is 22.4 Å². The third-order valence-electron chi connectivity index (χ3n) is 12.0. The van der Waals surface area contributed by atoms with Crippen LogP contribution in [0.3, 0.4) is 0 Å². The number of nitrogens with zero attached hydrogens (tertiary/aromatic N) is 2. The largest absolute Gasteiger partial charge is 0.309 e. The SMILES string of the molecule is c1ccc(-c2ccc(-c3ccc(N(c4ccccc4-c4ccccc4)c4ccccc4-c4ccccc4-c4cccc5c4c4ccccc4n5-c4ccccc4)cc3)cc2)cc1. The van der Waals surface area contributed by atoms with Crippen LogP contribution in [0.25, 0.3) is 83.1 Å². The maximum absolute atomic E-state index is 2.44. The first-order valence-corrected chi connectivity index (χ1v) is 21.3. The van der Waals surface area contributed by atoms with Gasteiger partial charge in [-0.05, 0) is 93.0 Å². The molecule has 0 N–H and O–H groups in total. The van der Waals surface area contributed by atoms with E-state index in [2.05, 4.69) is 264 Å². The molecule has 10 aromatic carbocycles. The Morgan fingerprint density at radius 1 is 0.258 bits per heavy atom. The molecule has 62 heavy (non-hydrogen) atoms. The first-order valence-electron chi connectivity index (χ1n) is 21.3. The zero-order valence-corrected chi connectivity index (χ0v) is 34.1. The van der Waals surface area contributed by atoms with E-state index in [1.54, 1.807) is 0 Å². The van der Waals surface area contributed by atoms with Gasteiger partial charge in [0.2, 0.25) is 0 Å². The summed E-state index contributed by atoms with van der Waals surface area (Å²) in [6.45, 7) is 0. The molecule has 292 valence electrons. The summed E-state index contributed by atoms with van der Waals surface area (Å²) in [4.78, 5) is 2.44. The van der Waals surface area contributed by atoms with Crippen molar-refractivity contribution < 1.29 is 0 Å². The van der Waals surface area contributed by atoms with Crippen molar-refractivity contribution in [3.8, 4) is 61.3 Å². The van der Waals surface area contributed by atoms with Gasteiger partial charge in [-0.2, -0.15) is 0 Å². The molecule has 0 spiro atoms. The Labute approximate surface area is 362 Å². The van der Waals surface area contributed by atoms with Gasteiger partial charge in [-0.25, -0.2) is 0 Å². The van der Waals surface area contributed by atoms with Crippen molar-refractivity contribution in [1.29, 1.82) is 0 Å². The summed E-state index contributed by atoms with van der Waals surface area (Å²) < 4.78 is 2.40. The van der Waals surface area contributed by atoms with E-state index in [-0.39, 0.29) is 0 Å². The van der Waals surface area contributed by atoms with Gasteiger partial charge in [-0.3, -0.25) is 0 Å². The highest BCUT2D eigenvalue weighted by atomic mass is 15.1. The Morgan fingerprint density at radius 2 is 0.677 bits per heavy atom. The summed E-state index contributed by atoms with van der Waals surface area (Å²) in [5.41, 5.74) is 18.7. The van der Waals surface area contributed by atoms with Gasteiger partial charge < -0.3 is 9.47 Å². The number of rotatable bonds is 9. The third-order valence-corrected chi connectivity index (χ3v) is 12.0. The minimum absolute atomic E-state index is 1.08. The average molecular weight is 791 g/mol. The molecule has 0 saturated carbocycles. The molecule has 0 unspecified atom stereocenters. The summed E-state index contributed by atoms with van der Waals surface area (Å²) in [5, 5.41) is 2.48. The highest BCUT2D eigenvalue weighted by Crippen LogP contribution is 2.48. The first kappa shape index (κ1) is 36.8. The summed E-state index contributed by atoms with van der Waals surface area (Å²) in [6, 6.07) is 92.0. The quantitative estimate of drug-likeness (QED) is 0.141. The zero-order valence-electron chi connectivity index (χ0n) is 34.1. The molecule has 0 atom stereocenters. The second kappa shape index (κ2) is 16.1. The first-order chi connectivity index (χ1) is 30.8. The molecule has 1 heterocycles. The van der Waals surface area contributed by atoms with Gasteiger partial charge in [0.25, 0.3) is 0 Å². The molecule has 11 rings (SSSR count). The highest BCUT2D eigenvalue weighted by Gasteiger charge is 2.23. The lowest BCUT2D eigenvalue weighted by molar-refractivity contribution is 1.18. The second-order valence-corrected chi connectivity index (χ2v) is 15.7. The van der Waals surface area contributed by atoms with E-state index in [0.29, 0.717) is 0 Å². The van der Waals surface area contributed by atoms with E-state index < -0.39 is 0 Å². The van der Waals surface area contributed by atoms with E-state index in [1.807, 2.05) is 0 Å². The predicted octanol–water partition coefficient (Wildman–Crippen LogP) is 16.6. The number of para-hydroxylation sites is 4. The Morgan fingerprint density at radius 3 is 1.32 bits per heavy atom. The van der Waals surface area contributed by atoms with Gasteiger partial charge in [-0.15, -0.1) is 0 Å². The van der Waals surface area contributed by atoms with Crippen molar-refractivity contribution in [1.82, 2.24) is 4.57 Å². The molecule has 0 fully saturated rings. The average Bonchev–Trinajstić information content (AvgIpc) is 3.70. The minimum Gasteiger partial charge on any atom is -0.309 e. The van der Waals surface area contributed by atoms with Crippen LogP contribution in [0.5, 0.6) is 0 Å². The van der Waals surface area contributed by atoms with Crippen molar-refractivity contribution in [2.75, 3.05) is 4.90 Å². The zero-order chi connectivity index (χ0) is 41.2. The van der Waals surface area contributed by atoms with Crippen LogP contribution in [-0.4, -0.2) is 4.57 Å². The Bertz CT molecular complexity index is 3310. The van der Waals surface area contributed by atoms with Gasteiger partial charge in [-0.1, -0.05) is 206 Å². The fourth-order valence-corrected chi connectivity index (χ4v) is 9.18. The number of benzene rings is 10. The standard InChI is InChI=1S/C60H42N2/c1-4-19-43(20-5-1)44-35-37-45(38-36-44)46-39-41-49(42-40-46)61(56-31-15-12-25-50(56)47-21-6-2-7-22-47)57-32-16-13-28-53(57)51-26-10-11-27-52(51)54-30-18-34-59-60(54)55-29-14-17-33-58(55)62(59)48-23-8-3-9-24-48/h1-42H. The second-order valence-electron chi connectivity index (χ2n) is 15.7. The molecule has 0 aliphatic heterocycles. The molecule has 2 heteroatoms. The normalized spacial score (nSPS) is 11.2. The number of aromatic nitrogens is 1. The van der Waals surface area contributed by atoms with Gasteiger partial charge in [0, 0.05) is 33.3 Å². The molecule has 11 aromatic rings. The van der Waals surface area contributed by atoms with Crippen LogP contribution in [0.2, 0.25) is 0 Å². The predicted molar refractivity (Wildman–Crippen MR) is 263 cm³/mol. The van der Waals surface area contributed by atoms with Crippen molar-refractivity contribution in [2.24, 2.45) is 0 Å². The topological polar surface area (TPSA) is 8.17 Å². The maximum Gasteiger partial charge on any atom is 0.0547 e. The van der Waals surface area contributed by atoms with Crippen molar-refractivity contribution in [3.05, 3.63) is 255 Å². The number of fused-ring (bicyclic) bond motifs is 3. The third kappa shape index (κ3) is 6.65. The molecule has 0 radical (unpaired) electrons. The minimum atomic E-state index is 1.08. The van der Waals surface area contributed by atoms with Crippen LogP contribution in [0, 0.1) is 0 Å². The molecular formula is C60H42N2. The van der Waals surface area contributed by atoms with E-state index >= 15 is 0 Å². The van der Waals surface area contributed by atoms with Crippen molar-refractivity contribution in [2.45, 2.75) is 0 Å². The summed E-state index contributed by atoms with van der Waals surface area (Å²) in [5.74, 6) is 0. The lowest BCUT2D eigenvalue weighted by atomic mass is 9.90. The number of hydrogen-bond acceptors (Lipinski definition) is 1. The summed E-state index contributed by atoms with van der Waals surface area (Å²) >= 11 is 0. The number of hydrogen-bond donors (Lipinski definition) is 0. The van der Waals surface area contributed by atoms with Crippen LogP contribution in [0.1, 0.15) is 0 Å². The fraction of sp³-hybridized carbons (Fsp3) is 0. The van der Waals surface area contributed by atoms with E-state index in [9.17, 15) is 0 Å². The van der Waals surface area contributed by atoms with Crippen molar-refractivity contribution in [3.63, 3.8) is 0 Å². The van der Waals surface area contributed by atoms with Crippen LogP contribution in [0.15, 0.2) is 255 Å². The Kier molecular flexibility index (Phi) is 9.57. The molecular weight excluding hydrogens is 749 g/mol. The monoisotopic (exact) mass is 790 g/mol.